The lowest BCUT2D eigenvalue weighted by Gasteiger charge is -2.35. The number of hydrogen-bond donors (Lipinski definition) is 1. The van der Waals surface area contributed by atoms with Gasteiger partial charge in [-0.25, -0.2) is 0 Å². The van der Waals surface area contributed by atoms with E-state index in [-0.39, 0.29) is 12.5 Å². The van der Waals surface area contributed by atoms with Gasteiger partial charge in [-0.3, -0.25) is 4.31 Å². The van der Waals surface area contributed by atoms with Gasteiger partial charge in [0.15, 0.2) is 0 Å². The third-order valence-electron chi connectivity index (χ3n) is 4.11. The maximum atomic E-state index is 12.9. The van der Waals surface area contributed by atoms with E-state index in [1.165, 1.54) is 8.61 Å². The highest BCUT2D eigenvalue weighted by molar-refractivity contribution is 7.90. The molecule has 1 aliphatic rings. The lowest BCUT2D eigenvalue weighted by atomic mass is 10.00. The summed E-state index contributed by atoms with van der Waals surface area (Å²) in [7, 11) is -3.50. The number of nitrogens with zero attached hydrogens (tertiary/aromatic N) is 2. The van der Waals surface area contributed by atoms with E-state index in [4.69, 9.17) is 0 Å². The van der Waals surface area contributed by atoms with Gasteiger partial charge >= 0.3 is 10.2 Å². The van der Waals surface area contributed by atoms with Crippen molar-refractivity contribution in [1.82, 2.24) is 4.31 Å². The second-order valence-electron chi connectivity index (χ2n) is 5.48. The van der Waals surface area contributed by atoms with Crippen molar-refractivity contribution >= 4 is 15.9 Å². The van der Waals surface area contributed by atoms with Gasteiger partial charge in [0.1, 0.15) is 0 Å². The molecule has 21 heavy (non-hydrogen) atoms. The van der Waals surface area contributed by atoms with Gasteiger partial charge in [-0.15, -0.1) is 0 Å². The molecule has 0 spiro atoms. The minimum absolute atomic E-state index is 0.142. The highest BCUT2D eigenvalue weighted by atomic mass is 32.2. The van der Waals surface area contributed by atoms with Gasteiger partial charge in [0.25, 0.3) is 0 Å². The first-order chi connectivity index (χ1) is 10.0. The molecular weight excluding hydrogens is 288 g/mol. The predicted molar refractivity (Wildman–Crippen MR) is 84.5 cm³/mol. The fourth-order valence-electron chi connectivity index (χ4n) is 2.76. The third kappa shape index (κ3) is 3.39. The van der Waals surface area contributed by atoms with Gasteiger partial charge in [0.05, 0.1) is 5.69 Å². The fraction of sp³-hybridized carbons (Fsp3) is 0.600. The lowest BCUT2D eigenvalue weighted by molar-refractivity contribution is 0.170. The molecule has 1 aromatic rings. The summed E-state index contributed by atoms with van der Waals surface area (Å²) in [6.07, 6.45) is 1.45. The number of para-hydroxylation sites is 1. The van der Waals surface area contributed by atoms with Crippen LogP contribution in [0, 0.1) is 12.8 Å². The quantitative estimate of drug-likeness (QED) is 0.901. The van der Waals surface area contributed by atoms with Gasteiger partial charge in [-0.05, 0) is 44.2 Å². The monoisotopic (exact) mass is 312 g/mol. The minimum Gasteiger partial charge on any atom is -0.396 e. The van der Waals surface area contributed by atoms with E-state index in [0.717, 1.165) is 24.1 Å². The van der Waals surface area contributed by atoms with Crippen LogP contribution in [0.4, 0.5) is 5.69 Å². The Morgan fingerprint density at radius 1 is 1.29 bits per heavy atom. The molecule has 0 radical (unpaired) electrons. The van der Waals surface area contributed by atoms with E-state index >= 15 is 0 Å². The molecule has 1 aliphatic heterocycles. The zero-order valence-corrected chi connectivity index (χ0v) is 13.5. The Hall–Kier alpha value is -1.11. The average Bonchev–Trinajstić information content (AvgIpc) is 2.50. The van der Waals surface area contributed by atoms with Gasteiger partial charge in [0, 0.05) is 26.2 Å². The van der Waals surface area contributed by atoms with Crippen LogP contribution in [-0.4, -0.2) is 44.1 Å². The van der Waals surface area contributed by atoms with E-state index < -0.39 is 10.2 Å². The second-order valence-corrected chi connectivity index (χ2v) is 7.34. The molecule has 0 amide bonds. The van der Waals surface area contributed by atoms with E-state index in [9.17, 15) is 13.5 Å². The molecule has 0 bridgehead atoms. The van der Waals surface area contributed by atoms with Gasteiger partial charge in [-0.2, -0.15) is 12.7 Å². The number of benzene rings is 1. The van der Waals surface area contributed by atoms with E-state index in [1.807, 2.05) is 38.1 Å². The normalized spacial score (nSPS) is 17.9. The van der Waals surface area contributed by atoms with Gasteiger partial charge in [-0.1, -0.05) is 18.2 Å². The fourth-order valence-corrected chi connectivity index (χ4v) is 4.49. The summed E-state index contributed by atoms with van der Waals surface area (Å²) < 4.78 is 28.7. The first kappa shape index (κ1) is 16.3. The Kier molecular flexibility index (Phi) is 5.24. The van der Waals surface area contributed by atoms with Crippen LogP contribution in [0.3, 0.4) is 0 Å². The second kappa shape index (κ2) is 6.77. The van der Waals surface area contributed by atoms with E-state index in [2.05, 4.69) is 0 Å². The number of aryl methyl sites for hydroxylation is 1. The van der Waals surface area contributed by atoms with Crippen molar-refractivity contribution in [3.63, 3.8) is 0 Å². The Balaban J connectivity index is 2.23. The van der Waals surface area contributed by atoms with Crippen LogP contribution in [0.2, 0.25) is 0 Å². The average molecular weight is 312 g/mol. The van der Waals surface area contributed by atoms with E-state index in [1.54, 1.807) is 0 Å². The van der Waals surface area contributed by atoms with E-state index in [0.29, 0.717) is 19.6 Å². The number of aliphatic hydroxyl groups is 1. The summed E-state index contributed by atoms with van der Waals surface area (Å²) in [4.78, 5) is 0. The summed E-state index contributed by atoms with van der Waals surface area (Å²) in [6, 6.07) is 7.53. The molecule has 2 rings (SSSR count). The van der Waals surface area contributed by atoms with Crippen LogP contribution in [-0.2, 0) is 10.2 Å². The summed E-state index contributed by atoms with van der Waals surface area (Å²) in [6.45, 7) is 5.29. The first-order valence-corrected chi connectivity index (χ1v) is 8.84. The zero-order valence-electron chi connectivity index (χ0n) is 12.7. The van der Waals surface area contributed by atoms with Gasteiger partial charge < -0.3 is 5.11 Å². The predicted octanol–water partition coefficient (Wildman–Crippen LogP) is 1.77. The molecule has 1 heterocycles. The molecule has 0 aliphatic carbocycles. The van der Waals surface area contributed by atoms with Gasteiger partial charge in [0.2, 0.25) is 0 Å². The third-order valence-corrected chi connectivity index (χ3v) is 6.14. The molecule has 1 aromatic carbocycles. The van der Waals surface area contributed by atoms with Crippen molar-refractivity contribution in [3.05, 3.63) is 29.8 Å². The Labute approximate surface area is 127 Å². The summed E-state index contributed by atoms with van der Waals surface area (Å²) in [5.74, 6) is 0.227. The maximum absolute atomic E-state index is 12.9. The van der Waals surface area contributed by atoms with Crippen molar-refractivity contribution in [1.29, 1.82) is 0 Å². The summed E-state index contributed by atoms with van der Waals surface area (Å²) in [5.41, 5.74) is 1.69. The number of aliphatic hydroxyl groups excluding tert-OH is 1. The molecule has 1 saturated heterocycles. The molecule has 1 fully saturated rings. The number of anilines is 1. The number of rotatable bonds is 5. The standard InChI is InChI=1S/C15H24N2O3S/c1-3-17(15-7-5-4-6-13(15)2)21(19,20)16-10-8-14(12-18)9-11-16/h4-7,14,18H,3,8-12H2,1-2H3. The molecule has 0 saturated carbocycles. The Morgan fingerprint density at radius 2 is 1.90 bits per heavy atom. The minimum atomic E-state index is -3.50. The molecule has 6 heteroatoms. The maximum Gasteiger partial charge on any atom is 0.304 e. The number of piperidine rings is 1. The van der Waals surface area contributed by atoms with Crippen molar-refractivity contribution in [2.75, 3.05) is 30.5 Å². The molecule has 0 aromatic heterocycles. The highest BCUT2D eigenvalue weighted by Gasteiger charge is 2.32. The van der Waals surface area contributed by atoms with Crippen LogP contribution in [0.15, 0.2) is 24.3 Å². The van der Waals surface area contributed by atoms with Crippen LogP contribution < -0.4 is 4.31 Å². The van der Waals surface area contributed by atoms with Crippen LogP contribution >= 0.6 is 0 Å². The van der Waals surface area contributed by atoms with Crippen LogP contribution in [0.25, 0.3) is 0 Å². The van der Waals surface area contributed by atoms with Crippen molar-refractivity contribution in [2.24, 2.45) is 5.92 Å². The largest absolute Gasteiger partial charge is 0.396 e. The van der Waals surface area contributed by atoms with Crippen molar-refractivity contribution < 1.29 is 13.5 Å². The lowest BCUT2D eigenvalue weighted by Crippen LogP contribution is -2.47. The molecule has 5 nitrogen and oxygen atoms in total. The first-order valence-electron chi connectivity index (χ1n) is 7.45. The smallest absolute Gasteiger partial charge is 0.304 e. The van der Waals surface area contributed by atoms with Crippen molar-refractivity contribution in [2.45, 2.75) is 26.7 Å². The molecule has 1 N–H and O–H groups in total. The summed E-state index contributed by atoms with van der Waals surface area (Å²) in [5, 5.41) is 9.17. The molecule has 0 unspecified atom stereocenters. The molecular formula is C15H24N2O3S. The number of hydrogen-bond acceptors (Lipinski definition) is 3. The molecule has 118 valence electrons. The SMILES string of the molecule is CCN(c1ccccc1C)S(=O)(=O)N1CCC(CO)CC1. The molecule has 0 atom stereocenters. The highest BCUT2D eigenvalue weighted by Crippen LogP contribution is 2.27. The van der Waals surface area contributed by atoms with Crippen molar-refractivity contribution in [3.8, 4) is 0 Å². The Bertz CT molecular complexity index is 566. The van der Waals surface area contributed by atoms with Crippen LogP contribution in [0.1, 0.15) is 25.3 Å². The Morgan fingerprint density at radius 3 is 2.43 bits per heavy atom. The topological polar surface area (TPSA) is 60.9 Å². The summed E-state index contributed by atoms with van der Waals surface area (Å²) >= 11 is 0. The van der Waals surface area contributed by atoms with Crippen LogP contribution in [0.5, 0.6) is 0 Å². The zero-order chi connectivity index (χ0) is 15.5.